The van der Waals surface area contributed by atoms with Crippen molar-refractivity contribution < 1.29 is 32.9 Å². The maximum atomic E-state index is 13.0. The van der Waals surface area contributed by atoms with E-state index >= 15 is 0 Å². The van der Waals surface area contributed by atoms with Crippen molar-refractivity contribution in [2.75, 3.05) is 40.9 Å². The molecule has 0 aromatic carbocycles. The van der Waals surface area contributed by atoms with Gasteiger partial charge in [0.05, 0.1) is 39.9 Å². The first-order valence-corrected chi connectivity index (χ1v) is 34.5. The molecule has 0 aliphatic carbocycles. The molecule has 0 radical (unpaired) electrons. The van der Waals surface area contributed by atoms with Crippen LogP contribution in [-0.4, -0.2) is 73.4 Å². The molecule has 0 aromatic heterocycles. The lowest BCUT2D eigenvalue weighted by Crippen LogP contribution is -2.46. The van der Waals surface area contributed by atoms with E-state index in [9.17, 15) is 19.4 Å². The van der Waals surface area contributed by atoms with Crippen molar-refractivity contribution in [3.05, 3.63) is 48.6 Å². The second-order valence-corrected chi connectivity index (χ2v) is 25.3. The molecule has 448 valence electrons. The third-order valence-corrected chi connectivity index (χ3v) is 16.1. The molecule has 0 saturated carbocycles. The Morgan fingerprint density at radius 1 is 0.461 bits per heavy atom. The topological polar surface area (TPSA) is 105 Å². The molecule has 1 amide bonds. The summed E-state index contributed by atoms with van der Waals surface area (Å²) in [5, 5.41) is 14.1. The van der Waals surface area contributed by atoms with E-state index in [0.717, 1.165) is 70.6 Å². The van der Waals surface area contributed by atoms with Crippen LogP contribution in [0.4, 0.5) is 0 Å². The highest BCUT2D eigenvalue weighted by Crippen LogP contribution is 2.43. The van der Waals surface area contributed by atoms with Gasteiger partial charge >= 0.3 is 7.82 Å². The van der Waals surface area contributed by atoms with Gasteiger partial charge in [-0.15, -0.1) is 0 Å². The maximum Gasteiger partial charge on any atom is 0.472 e. The third kappa shape index (κ3) is 60.1. The highest BCUT2D eigenvalue weighted by atomic mass is 31.2. The van der Waals surface area contributed by atoms with Crippen molar-refractivity contribution >= 4 is 13.7 Å². The Morgan fingerprint density at radius 2 is 0.789 bits per heavy atom. The number of phosphoric acid groups is 1. The molecule has 3 atom stereocenters. The summed E-state index contributed by atoms with van der Waals surface area (Å²) >= 11 is 0. The molecule has 0 fully saturated rings. The lowest BCUT2D eigenvalue weighted by molar-refractivity contribution is -0.870. The van der Waals surface area contributed by atoms with Crippen LogP contribution < -0.4 is 5.32 Å². The van der Waals surface area contributed by atoms with E-state index in [2.05, 4.69) is 67.8 Å². The van der Waals surface area contributed by atoms with Gasteiger partial charge in [0.15, 0.2) is 0 Å². The Labute approximate surface area is 473 Å². The molecule has 8 nitrogen and oxygen atoms in total. The van der Waals surface area contributed by atoms with Gasteiger partial charge in [0, 0.05) is 6.42 Å². The van der Waals surface area contributed by atoms with E-state index in [4.69, 9.17) is 9.05 Å². The molecule has 0 rings (SSSR count). The predicted octanol–water partition coefficient (Wildman–Crippen LogP) is 20.7. The summed E-state index contributed by atoms with van der Waals surface area (Å²) in [5.41, 5.74) is 0. The molecule has 76 heavy (non-hydrogen) atoms. The van der Waals surface area contributed by atoms with Gasteiger partial charge in [0.2, 0.25) is 5.91 Å². The fourth-order valence-corrected chi connectivity index (χ4v) is 10.7. The quantitative estimate of drug-likeness (QED) is 0.0243. The average Bonchev–Trinajstić information content (AvgIpc) is 3.38. The molecular formula is C67H130N2O6P+. The summed E-state index contributed by atoms with van der Waals surface area (Å²) in [4.78, 5) is 23.4. The van der Waals surface area contributed by atoms with Crippen LogP contribution in [0.5, 0.6) is 0 Å². The summed E-state index contributed by atoms with van der Waals surface area (Å²) in [6.45, 7) is 4.81. The van der Waals surface area contributed by atoms with Crippen molar-refractivity contribution in [2.24, 2.45) is 0 Å². The number of carbonyl (C=O) groups is 1. The summed E-state index contributed by atoms with van der Waals surface area (Å²) in [7, 11) is 1.62. The Bertz CT molecular complexity index is 1380. The largest absolute Gasteiger partial charge is 0.472 e. The maximum absolute atomic E-state index is 13.0. The van der Waals surface area contributed by atoms with Crippen LogP contribution in [0.15, 0.2) is 48.6 Å². The smallest absolute Gasteiger partial charge is 0.391 e. The Kier molecular flexibility index (Phi) is 56.9. The van der Waals surface area contributed by atoms with E-state index in [0.29, 0.717) is 23.9 Å². The van der Waals surface area contributed by atoms with E-state index < -0.39 is 20.0 Å². The number of hydrogen-bond donors (Lipinski definition) is 3. The van der Waals surface area contributed by atoms with E-state index in [1.807, 2.05) is 21.1 Å². The number of phosphoric ester groups is 1. The van der Waals surface area contributed by atoms with Crippen molar-refractivity contribution in [2.45, 2.75) is 334 Å². The van der Waals surface area contributed by atoms with Crippen LogP contribution in [-0.2, 0) is 18.4 Å². The van der Waals surface area contributed by atoms with Crippen molar-refractivity contribution in [1.82, 2.24) is 5.32 Å². The first-order valence-electron chi connectivity index (χ1n) is 33.0. The zero-order valence-electron chi connectivity index (χ0n) is 51.3. The van der Waals surface area contributed by atoms with Gasteiger partial charge in [0.1, 0.15) is 13.2 Å². The van der Waals surface area contributed by atoms with Crippen LogP contribution >= 0.6 is 7.82 Å². The van der Waals surface area contributed by atoms with Gasteiger partial charge in [0.25, 0.3) is 0 Å². The number of aliphatic hydroxyl groups is 1. The summed E-state index contributed by atoms with van der Waals surface area (Å²) in [6.07, 6.45) is 77.8. The Morgan fingerprint density at radius 3 is 1.16 bits per heavy atom. The first kappa shape index (κ1) is 74.5. The highest BCUT2D eigenvalue weighted by Gasteiger charge is 2.28. The number of amides is 1. The minimum absolute atomic E-state index is 0.0720. The number of nitrogens with zero attached hydrogens (tertiary/aromatic N) is 1. The second-order valence-electron chi connectivity index (χ2n) is 23.8. The lowest BCUT2D eigenvalue weighted by Gasteiger charge is -2.26. The highest BCUT2D eigenvalue weighted by molar-refractivity contribution is 7.47. The molecule has 3 N–H and O–H groups in total. The number of unbranched alkanes of at least 4 members (excludes halogenated alkanes) is 40. The zero-order valence-corrected chi connectivity index (χ0v) is 52.2. The van der Waals surface area contributed by atoms with Crippen molar-refractivity contribution in [3.63, 3.8) is 0 Å². The number of carbonyl (C=O) groups excluding carboxylic acids is 1. The monoisotopic (exact) mass is 1090 g/mol. The molecule has 0 aromatic rings. The summed E-state index contributed by atoms with van der Waals surface area (Å²) < 4.78 is 23.8. The second kappa shape index (κ2) is 58.1. The number of quaternary nitrogens is 1. The Hall–Kier alpha value is -1.54. The molecule has 0 spiro atoms. The van der Waals surface area contributed by atoms with Crippen LogP contribution in [0.2, 0.25) is 0 Å². The van der Waals surface area contributed by atoms with Crippen LogP contribution in [0.3, 0.4) is 0 Å². The van der Waals surface area contributed by atoms with E-state index in [1.54, 1.807) is 0 Å². The molecule has 0 aliphatic rings. The third-order valence-electron chi connectivity index (χ3n) is 15.1. The molecule has 0 heterocycles. The normalized spacial score (nSPS) is 14.0. The SMILES string of the molecule is CC/C=C\C/C=C\C/C=C\C/C=C\CCCCCCCCCCC(=O)NC(COP(=O)(O)OCC[N+](C)(C)C)C(O)CCCCCCCCCCCCCCCCCCCCCCCCCCCCCCCCCCC. The number of aliphatic hydroxyl groups excluding tert-OH is 1. The van der Waals surface area contributed by atoms with E-state index in [1.165, 1.54) is 225 Å². The number of likely N-dealkylation sites (N-methyl/N-ethyl adjacent to an activating group) is 1. The fourth-order valence-electron chi connectivity index (χ4n) is 9.98. The van der Waals surface area contributed by atoms with Gasteiger partial charge in [-0.3, -0.25) is 13.8 Å². The standard InChI is InChI=1S/C67H129N2O6P/c1-6-8-10-12-14-16-18-20-22-24-26-28-29-30-31-32-33-34-35-36-37-38-39-41-42-44-46-48-50-52-54-56-58-60-66(70)65(64-75-76(72,73)74-63-62-69(3,4)5)68-67(71)61-59-57-55-53-51-49-47-45-43-40-27-25-23-21-19-17-15-13-11-9-7-2/h9,11,15,17,21,23,27,40,65-66,70H,6-8,10,12-14,16,18-20,22,24-26,28-39,41-64H2,1-5H3,(H-,68,71,72,73)/p+1/b11-9-,17-15-,23-21-,40-27-. The predicted molar refractivity (Wildman–Crippen MR) is 332 cm³/mol. The van der Waals surface area contributed by atoms with Crippen LogP contribution in [0.1, 0.15) is 322 Å². The van der Waals surface area contributed by atoms with Gasteiger partial charge < -0.3 is 19.8 Å². The number of rotatable bonds is 61. The van der Waals surface area contributed by atoms with Crippen LogP contribution in [0, 0.1) is 0 Å². The lowest BCUT2D eigenvalue weighted by atomic mass is 10.0. The minimum atomic E-state index is -4.33. The molecule has 9 heteroatoms. The average molecular weight is 1090 g/mol. The summed E-state index contributed by atoms with van der Waals surface area (Å²) in [6, 6.07) is -0.769. The molecule has 3 unspecified atom stereocenters. The first-order chi connectivity index (χ1) is 37.0. The van der Waals surface area contributed by atoms with E-state index in [-0.39, 0.29) is 19.1 Å². The van der Waals surface area contributed by atoms with Crippen LogP contribution in [0.25, 0.3) is 0 Å². The summed E-state index contributed by atoms with van der Waals surface area (Å²) in [5.74, 6) is -0.150. The molecular weight excluding hydrogens is 960 g/mol. The van der Waals surface area contributed by atoms with Gasteiger partial charge in [-0.25, -0.2) is 4.57 Å². The number of allylic oxidation sites excluding steroid dienone is 8. The van der Waals surface area contributed by atoms with Crippen molar-refractivity contribution in [1.29, 1.82) is 0 Å². The number of hydrogen-bond acceptors (Lipinski definition) is 5. The minimum Gasteiger partial charge on any atom is -0.391 e. The molecule has 0 aliphatic heterocycles. The van der Waals surface area contributed by atoms with Gasteiger partial charge in [-0.1, -0.05) is 313 Å². The zero-order chi connectivity index (χ0) is 55.6. The fraction of sp³-hybridized carbons (Fsp3) is 0.866. The molecule has 0 saturated heterocycles. The molecule has 0 bridgehead atoms. The van der Waals surface area contributed by atoms with Gasteiger partial charge in [-0.2, -0.15) is 0 Å². The Balaban J connectivity index is 4.02. The van der Waals surface area contributed by atoms with Gasteiger partial charge in [-0.05, 0) is 51.4 Å². The van der Waals surface area contributed by atoms with Crippen molar-refractivity contribution in [3.8, 4) is 0 Å². The number of nitrogens with one attached hydrogen (secondary N) is 1.